The van der Waals surface area contributed by atoms with Crippen LogP contribution >= 0.6 is 0 Å². The SMILES string of the molecule is Cc1ccc(-c2ccc(-c3ccc(F)c(C(F)(F)F)c3F)cc2)cc1. The average molecular weight is 348 g/mol. The first-order valence-corrected chi connectivity index (χ1v) is 7.50. The van der Waals surface area contributed by atoms with E-state index < -0.39 is 23.4 Å². The summed E-state index contributed by atoms with van der Waals surface area (Å²) in [6, 6.07) is 15.8. The lowest BCUT2D eigenvalue weighted by atomic mass is 9.98. The van der Waals surface area contributed by atoms with E-state index in [-0.39, 0.29) is 11.1 Å². The number of halogens is 5. The van der Waals surface area contributed by atoms with E-state index in [9.17, 15) is 22.0 Å². The first kappa shape index (κ1) is 17.1. The number of alkyl halides is 3. The molecule has 0 amide bonds. The van der Waals surface area contributed by atoms with Crippen LogP contribution in [0.15, 0.2) is 60.7 Å². The Morgan fingerprint density at radius 3 is 1.64 bits per heavy atom. The maximum Gasteiger partial charge on any atom is 0.422 e. The molecule has 0 saturated carbocycles. The van der Waals surface area contributed by atoms with Crippen molar-refractivity contribution in [1.29, 1.82) is 0 Å². The van der Waals surface area contributed by atoms with E-state index >= 15 is 0 Å². The first-order valence-electron chi connectivity index (χ1n) is 7.50. The minimum Gasteiger partial charge on any atom is -0.206 e. The number of hydrogen-bond acceptors (Lipinski definition) is 0. The van der Waals surface area contributed by atoms with Crippen molar-refractivity contribution in [2.24, 2.45) is 0 Å². The second-order valence-electron chi connectivity index (χ2n) is 5.73. The highest BCUT2D eigenvalue weighted by atomic mass is 19.4. The summed E-state index contributed by atoms with van der Waals surface area (Å²) in [6.07, 6.45) is -5.09. The number of hydrogen-bond donors (Lipinski definition) is 0. The van der Waals surface area contributed by atoms with Gasteiger partial charge in [-0.3, -0.25) is 0 Å². The van der Waals surface area contributed by atoms with Gasteiger partial charge in [0.2, 0.25) is 0 Å². The summed E-state index contributed by atoms with van der Waals surface area (Å²) >= 11 is 0. The van der Waals surface area contributed by atoms with Crippen molar-refractivity contribution >= 4 is 0 Å². The summed E-state index contributed by atoms with van der Waals surface area (Å²) < 4.78 is 66.2. The van der Waals surface area contributed by atoms with Gasteiger partial charge in [-0.2, -0.15) is 13.2 Å². The van der Waals surface area contributed by atoms with E-state index in [0.717, 1.165) is 22.8 Å². The molecule has 0 unspecified atom stereocenters. The minimum atomic E-state index is -5.09. The lowest BCUT2D eigenvalue weighted by molar-refractivity contribution is -0.142. The van der Waals surface area contributed by atoms with Gasteiger partial charge in [-0.1, -0.05) is 54.1 Å². The third-order valence-corrected chi connectivity index (χ3v) is 3.96. The van der Waals surface area contributed by atoms with Crippen LogP contribution in [0.5, 0.6) is 0 Å². The highest BCUT2D eigenvalue weighted by Crippen LogP contribution is 2.37. The predicted molar refractivity (Wildman–Crippen MR) is 87.0 cm³/mol. The lowest BCUT2D eigenvalue weighted by Crippen LogP contribution is -2.12. The van der Waals surface area contributed by atoms with E-state index in [1.165, 1.54) is 12.1 Å². The van der Waals surface area contributed by atoms with Crippen molar-refractivity contribution in [1.82, 2.24) is 0 Å². The van der Waals surface area contributed by atoms with Crippen molar-refractivity contribution in [2.75, 3.05) is 0 Å². The maximum absolute atomic E-state index is 14.2. The quantitative estimate of drug-likeness (QED) is 0.456. The van der Waals surface area contributed by atoms with Crippen molar-refractivity contribution in [3.63, 3.8) is 0 Å². The van der Waals surface area contributed by atoms with Crippen LogP contribution in [0.25, 0.3) is 22.3 Å². The van der Waals surface area contributed by atoms with Gasteiger partial charge in [-0.15, -0.1) is 0 Å². The van der Waals surface area contributed by atoms with Gasteiger partial charge in [0.25, 0.3) is 0 Å². The molecule has 0 N–H and O–H groups in total. The van der Waals surface area contributed by atoms with E-state index in [4.69, 9.17) is 0 Å². The van der Waals surface area contributed by atoms with Crippen LogP contribution in [-0.2, 0) is 6.18 Å². The average Bonchev–Trinajstić information content (AvgIpc) is 2.55. The van der Waals surface area contributed by atoms with Gasteiger partial charge in [0.15, 0.2) is 0 Å². The molecule has 0 aromatic heterocycles. The molecule has 0 aliphatic heterocycles. The van der Waals surface area contributed by atoms with Crippen LogP contribution in [0, 0.1) is 18.6 Å². The van der Waals surface area contributed by atoms with E-state index in [2.05, 4.69) is 0 Å². The highest BCUT2D eigenvalue weighted by Gasteiger charge is 2.38. The molecule has 0 atom stereocenters. The maximum atomic E-state index is 14.2. The molecule has 128 valence electrons. The minimum absolute atomic E-state index is 0.249. The normalized spacial score (nSPS) is 11.6. The molecular weight excluding hydrogens is 335 g/mol. The topological polar surface area (TPSA) is 0 Å². The molecule has 3 aromatic rings. The van der Waals surface area contributed by atoms with Crippen molar-refractivity contribution in [3.05, 3.63) is 83.4 Å². The molecule has 0 nitrogen and oxygen atoms in total. The van der Waals surface area contributed by atoms with Gasteiger partial charge in [0.05, 0.1) is 0 Å². The summed E-state index contributed by atoms with van der Waals surface area (Å²) in [6.45, 7) is 1.96. The fourth-order valence-electron chi connectivity index (χ4n) is 2.62. The Kier molecular flexibility index (Phi) is 4.33. The number of rotatable bonds is 2. The van der Waals surface area contributed by atoms with Crippen molar-refractivity contribution in [2.45, 2.75) is 13.1 Å². The van der Waals surface area contributed by atoms with Gasteiger partial charge in [0.1, 0.15) is 17.2 Å². The van der Waals surface area contributed by atoms with Gasteiger partial charge in [-0.25, -0.2) is 8.78 Å². The van der Waals surface area contributed by atoms with Crippen LogP contribution in [0.4, 0.5) is 22.0 Å². The number of benzene rings is 3. The Bertz CT molecular complexity index is 891. The Balaban J connectivity index is 2.02. The van der Waals surface area contributed by atoms with Crippen LogP contribution in [0.3, 0.4) is 0 Å². The largest absolute Gasteiger partial charge is 0.422 e. The molecule has 25 heavy (non-hydrogen) atoms. The third-order valence-electron chi connectivity index (χ3n) is 3.96. The van der Waals surface area contributed by atoms with Gasteiger partial charge < -0.3 is 0 Å². The summed E-state index contributed by atoms with van der Waals surface area (Å²) in [7, 11) is 0. The second-order valence-corrected chi connectivity index (χ2v) is 5.73. The van der Waals surface area contributed by atoms with Gasteiger partial charge >= 0.3 is 6.18 Å². The van der Waals surface area contributed by atoms with Crippen LogP contribution in [0.2, 0.25) is 0 Å². The zero-order chi connectivity index (χ0) is 18.2. The molecule has 0 fully saturated rings. The molecule has 5 heteroatoms. The molecule has 0 bridgehead atoms. The third kappa shape index (κ3) is 3.40. The van der Waals surface area contributed by atoms with Gasteiger partial charge in [-0.05, 0) is 35.7 Å². The summed E-state index contributed by atoms with van der Waals surface area (Å²) in [5, 5.41) is 0. The predicted octanol–water partition coefficient (Wildman–Crippen LogP) is 6.63. The Morgan fingerprint density at radius 1 is 0.640 bits per heavy atom. The number of aryl methyl sites for hydroxylation is 1. The zero-order valence-electron chi connectivity index (χ0n) is 13.2. The summed E-state index contributed by atoms with van der Waals surface area (Å²) in [5.41, 5.74) is 0.985. The Morgan fingerprint density at radius 2 is 1.12 bits per heavy atom. The fraction of sp³-hybridized carbons (Fsp3) is 0.100. The Hall–Kier alpha value is -2.69. The Labute approximate surface area is 141 Å². The van der Waals surface area contributed by atoms with Gasteiger partial charge in [0, 0.05) is 5.56 Å². The lowest BCUT2D eigenvalue weighted by Gasteiger charge is -2.13. The molecule has 0 aliphatic rings. The van der Waals surface area contributed by atoms with E-state index in [1.54, 1.807) is 12.1 Å². The molecule has 0 heterocycles. The van der Waals surface area contributed by atoms with Crippen molar-refractivity contribution in [3.8, 4) is 22.3 Å². The molecular formula is C20H13F5. The van der Waals surface area contributed by atoms with Crippen molar-refractivity contribution < 1.29 is 22.0 Å². The highest BCUT2D eigenvalue weighted by molar-refractivity contribution is 5.71. The first-order chi connectivity index (χ1) is 11.8. The van der Waals surface area contributed by atoms with Crippen LogP contribution < -0.4 is 0 Å². The van der Waals surface area contributed by atoms with Crippen LogP contribution in [-0.4, -0.2) is 0 Å². The smallest absolute Gasteiger partial charge is 0.206 e. The molecule has 0 aliphatic carbocycles. The van der Waals surface area contributed by atoms with E-state index in [0.29, 0.717) is 6.07 Å². The fourth-order valence-corrected chi connectivity index (χ4v) is 2.62. The standard InChI is InChI=1S/C20H13F5/c1-12-2-4-13(5-3-12)14-6-8-15(9-7-14)16-10-11-17(21)18(19(16)22)20(23,24)25/h2-11H,1H3. The molecule has 3 aromatic carbocycles. The summed E-state index contributed by atoms with van der Waals surface area (Å²) in [5.74, 6) is -3.22. The monoisotopic (exact) mass is 348 g/mol. The van der Waals surface area contributed by atoms with Crippen LogP contribution in [0.1, 0.15) is 11.1 Å². The summed E-state index contributed by atoms with van der Waals surface area (Å²) in [4.78, 5) is 0. The molecule has 3 rings (SSSR count). The zero-order valence-corrected chi connectivity index (χ0v) is 13.2. The van der Waals surface area contributed by atoms with E-state index in [1.807, 2.05) is 31.2 Å². The molecule has 0 radical (unpaired) electrons. The molecule has 0 saturated heterocycles. The molecule has 0 spiro atoms. The second kappa shape index (κ2) is 6.31.